The number of hydrogen-bond donors (Lipinski definition) is 2. The van der Waals surface area contributed by atoms with Crippen molar-refractivity contribution in [1.29, 1.82) is 0 Å². The predicted molar refractivity (Wildman–Crippen MR) is 106 cm³/mol. The molecule has 0 unspecified atom stereocenters. The number of para-hydroxylation sites is 1. The summed E-state index contributed by atoms with van der Waals surface area (Å²) in [5, 5.41) is 3.71. The molecule has 2 heterocycles. The Morgan fingerprint density at radius 2 is 1.63 bits per heavy atom. The number of hydrogen-bond acceptors (Lipinski definition) is 3. The topological polar surface area (TPSA) is 70.1 Å². The van der Waals surface area contributed by atoms with Gasteiger partial charge in [0.05, 0.1) is 11.4 Å². The van der Waals surface area contributed by atoms with Gasteiger partial charge in [0.1, 0.15) is 5.69 Å². The Balaban J connectivity index is 1.93. The van der Waals surface area contributed by atoms with Crippen LogP contribution in [0.15, 0.2) is 59.4 Å². The van der Waals surface area contributed by atoms with Gasteiger partial charge in [0.2, 0.25) is 0 Å². The van der Waals surface area contributed by atoms with Gasteiger partial charge < -0.3 is 15.2 Å². The van der Waals surface area contributed by atoms with Crippen molar-refractivity contribution < 1.29 is 4.79 Å². The number of imidazole rings is 1. The van der Waals surface area contributed by atoms with Crippen LogP contribution < -0.4 is 11.0 Å². The Morgan fingerprint density at radius 3 is 2.33 bits per heavy atom. The molecule has 138 valence electrons. The van der Waals surface area contributed by atoms with Crippen LogP contribution in [0, 0.1) is 0 Å². The summed E-state index contributed by atoms with van der Waals surface area (Å²) in [6, 6.07) is 16.5. The molecule has 2 N–H and O–H groups in total. The summed E-state index contributed by atoms with van der Waals surface area (Å²) in [5.41, 5.74) is 1.70. The fraction of sp³-hybridized carbons (Fsp3) is 0.200. The largest absolute Gasteiger partial charge is 0.335 e. The molecule has 1 aliphatic rings. The lowest BCUT2D eigenvalue weighted by Gasteiger charge is -2.27. The Bertz CT molecular complexity index is 1020. The summed E-state index contributed by atoms with van der Waals surface area (Å²) in [7, 11) is 0. The molecule has 6 nitrogen and oxygen atoms in total. The Kier molecular flexibility index (Phi) is 4.83. The molecule has 0 spiro atoms. The molecule has 0 aliphatic carbocycles. The van der Waals surface area contributed by atoms with Gasteiger partial charge in [0.25, 0.3) is 5.91 Å². The predicted octanol–water partition coefficient (Wildman–Crippen LogP) is 2.53. The molecule has 27 heavy (non-hydrogen) atoms. The first kappa shape index (κ1) is 17.6. The molecule has 0 saturated carbocycles. The van der Waals surface area contributed by atoms with Gasteiger partial charge in [-0.1, -0.05) is 48.0 Å². The molecule has 1 fully saturated rings. The zero-order valence-electron chi connectivity index (χ0n) is 14.6. The summed E-state index contributed by atoms with van der Waals surface area (Å²) < 4.78 is 1.51. The quantitative estimate of drug-likeness (QED) is 0.731. The van der Waals surface area contributed by atoms with Crippen LogP contribution in [0.2, 0.25) is 5.02 Å². The average Bonchev–Trinajstić information content (AvgIpc) is 3.06. The first-order chi connectivity index (χ1) is 13.2. The van der Waals surface area contributed by atoms with Crippen molar-refractivity contribution in [3.8, 4) is 16.9 Å². The minimum atomic E-state index is -0.366. The lowest BCUT2D eigenvalue weighted by Crippen LogP contribution is -2.46. The Hall–Kier alpha value is -2.83. The van der Waals surface area contributed by atoms with E-state index in [2.05, 4.69) is 10.3 Å². The fourth-order valence-corrected chi connectivity index (χ4v) is 3.57. The Morgan fingerprint density at radius 1 is 0.963 bits per heavy atom. The van der Waals surface area contributed by atoms with Crippen LogP contribution in [-0.4, -0.2) is 46.5 Å². The number of carbonyl (C=O) groups excluding carboxylic acids is 1. The third-order valence-corrected chi connectivity index (χ3v) is 4.99. The summed E-state index contributed by atoms with van der Waals surface area (Å²) >= 11 is 6.43. The molecular formula is C20H19ClN4O2. The van der Waals surface area contributed by atoms with E-state index in [9.17, 15) is 9.59 Å². The van der Waals surface area contributed by atoms with Crippen LogP contribution in [0.4, 0.5) is 0 Å². The molecule has 1 amide bonds. The van der Waals surface area contributed by atoms with E-state index in [4.69, 9.17) is 11.6 Å². The maximum Gasteiger partial charge on any atom is 0.331 e. The van der Waals surface area contributed by atoms with E-state index in [1.54, 1.807) is 11.0 Å². The smallest absolute Gasteiger partial charge is 0.331 e. The highest BCUT2D eigenvalue weighted by Gasteiger charge is 2.27. The van der Waals surface area contributed by atoms with Crippen LogP contribution in [0.25, 0.3) is 16.9 Å². The normalized spacial score (nSPS) is 14.3. The third kappa shape index (κ3) is 3.29. The number of amides is 1. The summed E-state index contributed by atoms with van der Waals surface area (Å²) in [5.74, 6) is -0.196. The standard InChI is InChI=1S/C20H19ClN4O2/c21-16-9-5-4-8-15(16)18-17(19(26)24-12-10-22-11-13-24)23-20(27)25(18)14-6-2-1-3-7-14/h1-9,22H,10-13H2,(H,23,27). The highest BCUT2D eigenvalue weighted by molar-refractivity contribution is 6.33. The second kappa shape index (κ2) is 7.42. The van der Waals surface area contributed by atoms with Crippen molar-refractivity contribution in [2.45, 2.75) is 0 Å². The van der Waals surface area contributed by atoms with E-state index in [1.807, 2.05) is 48.5 Å². The van der Waals surface area contributed by atoms with Gasteiger partial charge in [0.15, 0.2) is 0 Å². The fourth-order valence-electron chi connectivity index (χ4n) is 3.35. The van der Waals surface area contributed by atoms with Gasteiger partial charge in [-0.05, 0) is 18.2 Å². The summed E-state index contributed by atoms with van der Waals surface area (Å²) in [6.07, 6.45) is 0. The maximum atomic E-state index is 13.2. The molecule has 0 bridgehead atoms. The number of nitrogens with one attached hydrogen (secondary N) is 2. The molecule has 2 aromatic carbocycles. The molecule has 3 aromatic rings. The van der Waals surface area contributed by atoms with E-state index < -0.39 is 0 Å². The number of carbonyl (C=O) groups is 1. The van der Waals surface area contributed by atoms with E-state index in [0.29, 0.717) is 35.1 Å². The number of H-pyrrole nitrogens is 1. The van der Waals surface area contributed by atoms with E-state index in [-0.39, 0.29) is 17.3 Å². The van der Waals surface area contributed by atoms with Crippen LogP contribution in [0.3, 0.4) is 0 Å². The van der Waals surface area contributed by atoms with Crippen LogP contribution in [0.1, 0.15) is 10.5 Å². The molecule has 4 rings (SSSR count). The molecule has 1 saturated heterocycles. The molecule has 7 heteroatoms. The first-order valence-electron chi connectivity index (χ1n) is 8.82. The van der Waals surface area contributed by atoms with Crippen LogP contribution in [0.5, 0.6) is 0 Å². The van der Waals surface area contributed by atoms with Gasteiger partial charge in [-0.15, -0.1) is 0 Å². The van der Waals surface area contributed by atoms with Crippen molar-refractivity contribution in [3.63, 3.8) is 0 Å². The second-order valence-corrected chi connectivity index (χ2v) is 6.75. The van der Waals surface area contributed by atoms with Crippen molar-refractivity contribution >= 4 is 17.5 Å². The van der Waals surface area contributed by atoms with E-state index >= 15 is 0 Å². The number of aromatic nitrogens is 2. The van der Waals surface area contributed by atoms with Gasteiger partial charge >= 0.3 is 5.69 Å². The maximum absolute atomic E-state index is 13.2. The molecule has 1 aromatic heterocycles. The third-order valence-electron chi connectivity index (χ3n) is 4.66. The first-order valence-corrected chi connectivity index (χ1v) is 9.20. The number of rotatable bonds is 3. The molecular weight excluding hydrogens is 364 g/mol. The van der Waals surface area contributed by atoms with E-state index in [0.717, 1.165) is 13.1 Å². The van der Waals surface area contributed by atoms with Crippen molar-refractivity contribution in [2.24, 2.45) is 0 Å². The zero-order valence-corrected chi connectivity index (χ0v) is 15.4. The van der Waals surface area contributed by atoms with Gasteiger partial charge in [-0.3, -0.25) is 9.36 Å². The monoisotopic (exact) mass is 382 g/mol. The number of nitrogens with zero attached hydrogens (tertiary/aromatic N) is 2. The highest BCUT2D eigenvalue weighted by atomic mass is 35.5. The lowest BCUT2D eigenvalue weighted by atomic mass is 10.1. The molecule has 0 atom stereocenters. The summed E-state index contributed by atoms with van der Waals surface area (Å²) in [4.78, 5) is 30.5. The van der Waals surface area contributed by atoms with E-state index in [1.165, 1.54) is 4.57 Å². The number of aromatic amines is 1. The highest BCUT2D eigenvalue weighted by Crippen LogP contribution is 2.31. The minimum absolute atomic E-state index is 0.196. The average molecular weight is 383 g/mol. The number of piperazine rings is 1. The van der Waals surface area contributed by atoms with Crippen LogP contribution >= 0.6 is 11.6 Å². The second-order valence-electron chi connectivity index (χ2n) is 6.35. The number of halogens is 1. The summed E-state index contributed by atoms with van der Waals surface area (Å²) in [6.45, 7) is 2.66. The van der Waals surface area contributed by atoms with Crippen LogP contribution in [-0.2, 0) is 0 Å². The SMILES string of the molecule is O=C(c1[nH]c(=O)n(-c2ccccc2)c1-c1ccccc1Cl)N1CCNCC1. The zero-order chi connectivity index (χ0) is 18.8. The van der Waals surface area contributed by atoms with Gasteiger partial charge in [-0.25, -0.2) is 4.79 Å². The molecule has 0 radical (unpaired) electrons. The van der Waals surface area contributed by atoms with Crippen molar-refractivity contribution in [2.75, 3.05) is 26.2 Å². The van der Waals surface area contributed by atoms with Gasteiger partial charge in [-0.2, -0.15) is 0 Å². The van der Waals surface area contributed by atoms with Crippen molar-refractivity contribution in [1.82, 2.24) is 19.8 Å². The number of benzene rings is 2. The minimum Gasteiger partial charge on any atom is -0.335 e. The van der Waals surface area contributed by atoms with Gasteiger partial charge in [0, 0.05) is 36.8 Å². The molecule has 1 aliphatic heterocycles. The lowest BCUT2D eigenvalue weighted by molar-refractivity contribution is 0.0731. The van der Waals surface area contributed by atoms with Crippen molar-refractivity contribution in [3.05, 3.63) is 75.8 Å². The Labute approximate surface area is 161 Å².